The number of benzene rings is 4. The van der Waals surface area contributed by atoms with Crippen molar-refractivity contribution < 1.29 is 57.3 Å². The number of Topliss-reactive ketones (excluding diaryl/α,β-unsaturated/α-hetero) is 2. The van der Waals surface area contributed by atoms with Crippen molar-refractivity contribution in [2.24, 2.45) is 11.8 Å². The van der Waals surface area contributed by atoms with Crippen LogP contribution >= 0.6 is 34.0 Å². The number of aryl methyl sites for hydroxylation is 7. The van der Waals surface area contributed by atoms with Gasteiger partial charge < -0.3 is 20.2 Å². The number of rotatable bonds is 28. The SMILES string of the molecule is CCCc1cc(C)ccc1CCC1=CC=C(C(=O)Cc2nc(CC(=O)O)cs2)C1.O=C(O)Cc1csc(CC(=O)N2CCC(CCc3ccccc3C(F)(F)F)CC2)n1.O=C(O)Cc1csc(CC(=O)c2ccc(CCc3ccccc3CCC3CCCC3)cc2)n1. The Morgan fingerprint density at radius 2 is 1.03 bits per heavy atom. The number of nitrogens with zero attached hydrogens (tertiary/aromatic N) is 4. The number of carboxylic acids is 3. The fraction of sp³-hybridized carbons (Fsp3) is 0.411. The molecule has 1 saturated heterocycles. The molecule has 1 amide bonds. The Morgan fingerprint density at radius 3 is 1.60 bits per heavy atom. The first-order chi connectivity index (χ1) is 44.2. The van der Waals surface area contributed by atoms with Gasteiger partial charge in [-0.15, -0.1) is 34.0 Å². The third kappa shape index (κ3) is 22.5. The maximum atomic E-state index is 13.1. The molecular formula is C73H81F3N4O9S3. The smallest absolute Gasteiger partial charge is 0.416 e. The molecule has 0 bridgehead atoms. The predicted molar refractivity (Wildman–Crippen MR) is 355 cm³/mol. The van der Waals surface area contributed by atoms with Crippen LogP contribution in [0.15, 0.2) is 130 Å². The van der Waals surface area contributed by atoms with Crippen molar-refractivity contribution in [3.05, 3.63) is 213 Å². The number of hydrogen-bond donors (Lipinski definition) is 3. The number of thiazole rings is 3. The molecule has 92 heavy (non-hydrogen) atoms. The number of carbonyl (C=O) groups is 6. The Balaban J connectivity index is 0.000000178. The number of amides is 1. The fourth-order valence-corrected chi connectivity index (χ4v) is 14.5. The van der Waals surface area contributed by atoms with Gasteiger partial charge in [0.2, 0.25) is 5.91 Å². The van der Waals surface area contributed by atoms with Crippen LogP contribution < -0.4 is 0 Å². The number of likely N-dealkylation sites (tertiary alicyclic amines) is 1. The number of carbonyl (C=O) groups excluding carboxylic acids is 3. The number of alkyl halides is 3. The molecule has 0 unspecified atom stereocenters. The maximum absolute atomic E-state index is 13.1. The zero-order chi connectivity index (χ0) is 65.6. The summed E-state index contributed by atoms with van der Waals surface area (Å²) >= 11 is 3.98. The molecule has 4 aromatic carbocycles. The van der Waals surface area contributed by atoms with Gasteiger partial charge >= 0.3 is 24.1 Å². The number of hydrogen-bond acceptors (Lipinski definition) is 12. The molecule has 3 N–H and O–H groups in total. The van der Waals surface area contributed by atoms with Crippen LogP contribution in [0.2, 0.25) is 0 Å². The number of allylic oxidation sites excluding steroid dienone is 4. The van der Waals surface area contributed by atoms with Gasteiger partial charge in [0.15, 0.2) is 11.6 Å². The van der Waals surface area contributed by atoms with Crippen LogP contribution in [-0.2, 0) is 107 Å². The van der Waals surface area contributed by atoms with E-state index in [1.807, 2.05) is 30.3 Å². The standard InChI is InChI=1S/C28H31NO3S.C24H27NO3S.C21H23F3N2O3S/c30-26(18-27-29-25(19-33-27)17-28(31)32)24-15-11-21(12-16-24)10-14-23-8-4-3-7-22(23)13-9-20-5-1-2-6-20;1-3-4-19-11-16(2)5-8-18(19)9-6-17-7-10-20(12-17)22(26)14-23-25-21(15-29-23)13-24(27)28;22-21(23,24)17-4-2-1-3-15(17)6-5-14-7-9-26(10-8-14)19(27)12-18-25-16(13-30-18)11-20(28)29/h3-4,7-8,11-12,15-16,19-20H,1-2,5-6,9-10,13-14,17-18H2,(H,31,32);5,7-8,10-11,15H,3-4,6,9,12-14H2,1-2H3,(H,27,28);1-4,13-14H,5-12H2,(H,28,29). The number of aliphatic carboxylic acids is 3. The third-order valence-corrected chi connectivity index (χ3v) is 19.8. The molecule has 7 aromatic rings. The van der Waals surface area contributed by atoms with Gasteiger partial charge in [0.25, 0.3) is 0 Å². The highest BCUT2D eigenvalue weighted by Crippen LogP contribution is 2.35. The van der Waals surface area contributed by atoms with Crippen molar-refractivity contribution in [3.63, 3.8) is 0 Å². The highest BCUT2D eigenvalue weighted by atomic mass is 32.1. The zero-order valence-corrected chi connectivity index (χ0v) is 54.8. The van der Waals surface area contributed by atoms with E-state index in [1.54, 1.807) is 27.1 Å². The normalized spacial score (nSPS) is 14.2. The van der Waals surface area contributed by atoms with Gasteiger partial charge in [0.1, 0.15) is 15.0 Å². The van der Waals surface area contributed by atoms with E-state index in [9.17, 15) is 41.9 Å². The van der Waals surface area contributed by atoms with Crippen LogP contribution in [0.4, 0.5) is 13.2 Å². The van der Waals surface area contributed by atoms with E-state index in [0.717, 1.165) is 68.9 Å². The minimum Gasteiger partial charge on any atom is -0.481 e. The second-order valence-corrected chi connectivity index (χ2v) is 27.0. The van der Waals surface area contributed by atoms with Crippen molar-refractivity contribution in [2.45, 2.75) is 168 Å². The quantitative estimate of drug-likeness (QED) is 0.0392. The molecule has 0 atom stereocenters. The van der Waals surface area contributed by atoms with Crippen LogP contribution in [0.1, 0.15) is 165 Å². The van der Waals surface area contributed by atoms with Crippen molar-refractivity contribution in [1.82, 2.24) is 19.9 Å². The lowest BCUT2D eigenvalue weighted by molar-refractivity contribution is -0.138. The average molecular weight is 1310 g/mol. The highest BCUT2D eigenvalue weighted by molar-refractivity contribution is 7.10. The van der Waals surface area contributed by atoms with Gasteiger partial charge in [-0.05, 0) is 141 Å². The first-order valence-electron chi connectivity index (χ1n) is 31.8. The minimum absolute atomic E-state index is 0.00929. The number of ketones is 2. The van der Waals surface area contributed by atoms with Crippen LogP contribution in [-0.4, -0.2) is 83.6 Å². The van der Waals surface area contributed by atoms with E-state index in [0.29, 0.717) is 75.6 Å². The molecule has 13 nitrogen and oxygen atoms in total. The van der Waals surface area contributed by atoms with Crippen molar-refractivity contribution in [2.75, 3.05) is 13.1 Å². The Hall–Kier alpha value is -7.74. The number of aromatic nitrogens is 3. The maximum Gasteiger partial charge on any atom is 0.416 e. The molecule has 4 heterocycles. The molecule has 0 spiro atoms. The van der Waals surface area contributed by atoms with Crippen molar-refractivity contribution >= 4 is 69.4 Å². The van der Waals surface area contributed by atoms with Gasteiger partial charge in [-0.2, -0.15) is 13.2 Å². The van der Waals surface area contributed by atoms with E-state index in [-0.39, 0.29) is 61.9 Å². The summed E-state index contributed by atoms with van der Waals surface area (Å²) in [7, 11) is 0. The summed E-state index contributed by atoms with van der Waals surface area (Å²) in [5, 5.41) is 33.5. The highest BCUT2D eigenvalue weighted by Gasteiger charge is 2.33. The average Bonchev–Trinajstić information content (AvgIpc) is 1.30. The Labute approximate surface area is 548 Å². The third-order valence-electron chi connectivity index (χ3n) is 17.1. The summed E-state index contributed by atoms with van der Waals surface area (Å²) in [6.07, 6.45) is 17.5. The number of carboxylic acid groups (broad SMARTS) is 3. The monoisotopic (exact) mass is 1310 g/mol. The Kier molecular flexibility index (Phi) is 26.5. The molecule has 3 aliphatic rings. The molecule has 3 aromatic heterocycles. The van der Waals surface area contributed by atoms with E-state index in [1.165, 1.54) is 124 Å². The Morgan fingerprint density at radius 1 is 0.533 bits per heavy atom. The van der Waals surface area contributed by atoms with Crippen LogP contribution in [0.25, 0.3) is 0 Å². The van der Waals surface area contributed by atoms with Crippen LogP contribution in [0.3, 0.4) is 0 Å². The topological polar surface area (TPSA) is 205 Å². The second-order valence-electron chi connectivity index (χ2n) is 24.2. The fourth-order valence-electron chi connectivity index (χ4n) is 12.2. The lowest BCUT2D eigenvalue weighted by Crippen LogP contribution is -2.39. The lowest BCUT2D eigenvalue weighted by atomic mass is 9.89. The van der Waals surface area contributed by atoms with Crippen LogP contribution in [0.5, 0.6) is 0 Å². The largest absolute Gasteiger partial charge is 0.481 e. The molecule has 10 rings (SSSR count). The van der Waals surface area contributed by atoms with E-state index < -0.39 is 29.6 Å². The second kappa shape index (κ2) is 34.8. The van der Waals surface area contributed by atoms with Gasteiger partial charge in [0.05, 0.1) is 61.2 Å². The molecule has 1 saturated carbocycles. The molecule has 1 aliphatic heterocycles. The molecule has 2 fully saturated rings. The number of piperidine rings is 1. The first-order valence-corrected chi connectivity index (χ1v) is 34.4. The van der Waals surface area contributed by atoms with Gasteiger partial charge in [0, 0.05) is 34.8 Å². The van der Waals surface area contributed by atoms with E-state index in [4.69, 9.17) is 15.3 Å². The summed E-state index contributed by atoms with van der Waals surface area (Å²) in [5.41, 5.74) is 12.3. The zero-order valence-electron chi connectivity index (χ0n) is 52.3. The van der Waals surface area contributed by atoms with Crippen molar-refractivity contribution in [3.8, 4) is 0 Å². The summed E-state index contributed by atoms with van der Waals surface area (Å²) < 4.78 is 39.4. The molecular weight excluding hydrogens is 1230 g/mol. The summed E-state index contributed by atoms with van der Waals surface area (Å²) in [5.74, 6) is -1.54. The van der Waals surface area contributed by atoms with E-state index >= 15 is 0 Å². The molecule has 19 heteroatoms. The minimum atomic E-state index is -4.34. The lowest BCUT2D eigenvalue weighted by Gasteiger charge is -2.32. The van der Waals surface area contributed by atoms with Gasteiger partial charge in [-0.25, -0.2) is 15.0 Å². The predicted octanol–water partition coefficient (Wildman–Crippen LogP) is 15.3. The summed E-state index contributed by atoms with van der Waals surface area (Å²) in [6, 6.07) is 29.1. The van der Waals surface area contributed by atoms with Crippen molar-refractivity contribution in [1.29, 1.82) is 0 Å². The number of halogens is 3. The van der Waals surface area contributed by atoms with Gasteiger partial charge in [-0.1, -0.05) is 147 Å². The van der Waals surface area contributed by atoms with Crippen LogP contribution in [0, 0.1) is 18.8 Å². The summed E-state index contributed by atoms with van der Waals surface area (Å²) in [6.45, 7) is 5.51. The molecule has 0 radical (unpaired) electrons. The van der Waals surface area contributed by atoms with E-state index in [2.05, 4.69) is 77.3 Å². The van der Waals surface area contributed by atoms with Gasteiger partial charge in [-0.3, -0.25) is 28.8 Å². The molecule has 2 aliphatic carbocycles. The summed E-state index contributed by atoms with van der Waals surface area (Å²) in [4.78, 5) is 84.5. The molecule has 486 valence electrons. The first kappa shape index (κ1) is 70.1. The Bertz CT molecular complexity index is 3700.